The summed E-state index contributed by atoms with van der Waals surface area (Å²) >= 11 is 6.09. The maximum Gasteiger partial charge on any atom is 0.139 e. The number of hydrogen-bond acceptors (Lipinski definition) is 1. The molecule has 2 aromatic heterocycles. The molecule has 2 heterocycles. The summed E-state index contributed by atoms with van der Waals surface area (Å²) in [5, 5.41) is 1.83. The van der Waals surface area contributed by atoms with Gasteiger partial charge in [-0.3, -0.25) is 0 Å². The van der Waals surface area contributed by atoms with Crippen molar-refractivity contribution in [3.63, 3.8) is 0 Å². The fraction of sp³-hybridized carbons (Fsp3) is 0.300. The van der Waals surface area contributed by atoms with Crippen LogP contribution in [0.1, 0.15) is 25.3 Å². The smallest absolute Gasteiger partial charge is 0.139 e. The molecule has 0 atom stereocenters. The summed E-state index contributed by atoms with van der Waals surface area (Å²) in [6.45, 7) is 4.29. The quantitative estimate of drug-likeness (QED) is 0.741. The Morgan fingerprint density at radius 1 is 1.46 bits per heavy atom. The van der Waals surface area contributed by atoms with E-state index in [0.717, 1.165) is 16.1 Å². The van der Waals surface area contributed by atoms with Crippen LogP contribution in [0.2, 0.25) is 5.02 Å². The largest absolute Gasteiger partial charge is 0.346 e. The van der Waals surface area contributed by atoms with Crippen molar-refractivity contribution in [2.24, 2.45) is 0 Å². The van der Waals surface area contributed by atoms with Crippen LogP contribution in [0.15, 0.2) is 18.5 Å². The highest BCUT2D eigenvalue weighted by atomic mass is 35.5. The van der Waals surface area contributed by atoms with Crippen LogP contribution in [0.25, 0.3) is 11.0 Å². The highest BCUT2D eigenvalue weighted by Gasteiger charge is 2.10. The molecule has 0 unspecified atom stereocenters. The molecule has 2 nitrogen and oxygen atoms in total. The fourth-order valence-corrected chi connectivity index (χ4v) is 1.75. The summed E-state index contributed by atoms with van der Waals surface area (Å²) in [5.74, 6) is 0.468. The predicted molar refractivity (Wildman–Crippen MR) is 55.2 cm³/mol. The van der Waals surface area contributed by atoms with Gasteiger partial charge in [-0.15, -0.1) is 0 Å². The number of aromatic nitrogens is 2. The molecule has 0 amide bonds. The Labute approximate surface area is 81.9 Å². The number of aromatic amines is 1. The molecule has 13 heavy (non-hydrogen) atoms. The zero-order chi connectivity index (χ0) is 9.42. The van der Waals surface area contributed by atoms with Crippen molar-refractivity contribution in [1.29, 1.82) is 0 Å². The maximum absolute atomic E-state index is 6.09. The zero-order valence-corrected chi connectivity index (χ0v) is 8.39. The molecule has 0 aliphatic carbocycles. The van der Waals surface area contributed by atoms with E-state index in [0.29, 0.717) is 5.92 Å². The Balaban J connectivity index is 2.79. The number of nitrogens with zero attached hydrogens (tertiary/aromatic N) is 1. The molecule has 2 aromatic rings. The number of pyridine rings is 1. The monoisotopic (exact) mass is 194 g/mol. The van der Waals surface area contributed by atoms with Crippen molar-refractivity contribution in [3.8, 4) is 0 Å². The summed E-state index contributed by atoms with van der Waals surface area (Å²) in [6, 6.07) is 1.82. The van der Waals surface area contributed by atoms with Crippen molar-refractivity contribution in [3.05, 3.63) is 29.0 Å². The van der Waals surface area contributed by atoms with E-state index in [-0.39, 0.29) is 0 Å². The standard InChI is InChI=1S/C10H11ClN2/c1-6(2)7-5-13-10-9(7)8(11)3-4-12-10/h3-6H,1-2H3,(H,12,13). The maximum atomic E-state index is 6.09. The minimum Gasteiger partial charge on any atom is -0.346 e. The van der Waals surface area contributed by atoms with Crippen LogP contribution in [0, 0.1) is 0 Å². The van der Waals surface area contributed by atoms with Gasteiger partial charge in [0.05, 0.1) is 5.02 Å². The van der Waals surface area contributed by atoms with Gasteiger partial charge in [0.25, 0.3) is 0 Å². The Morgan fingerprint density at radius 3 is 2.92 bits per heavy atom. The van der Waals surface area contributed by atoms with E-state index in [2.05, 4.69) is 23.8 Å². The lowest BCUT2D eigenvalue weighted by atomic mass is 10.0. The van der Waals surface area contributed by atoms with E-state index in [1.165, 1.54) is 5.56 Å². The summed E-state index contributed by atoms with van der Waals surface area (Å²) < 4.78 is 0. The number of fused-ring (bicyclic) bond motifs is 1. The van der Waals surface area contributed by atoms with Crippen molar-refractivity contribution in [2.75, 3.05) is 0 Å². The molecule has 68 valence electrons. The lowest BCUT2D eigenvalue weighted by molar-refractivity contribution is 0.875. The molecular weight excluding hydrogens is 184 g/mol. The van der Waals surface area contributed by atoms with E-state index in [9.17, 15) is 0 Å². The molecule has 2 rings (SSSR count). The van der Waals surface area contributed by atoms with Crippen LogP contribution in [0.4, 0.5) is 0 Å². The molecule has 0 aliphatic rings. The Hall–Kier alpha value is -1.02. The van der Waals surface area contributed by atoms with E-state index < -0.39 is 0 Å². The first-order chi connectivity index (χ1) is 6.20. The molecular formula is C10H11ClN2. The molecule has 0 spiro atoms. The molecule has 0 bridgehead atoms. The summed E-state index contributed by atoms with van der Waals surface area (Å²) in [4.78, 5) is 7.32. The number of hydrogen-bond donors (Lipinski definition) is 1. The predicted octanol–water partition coefficient (Wildman–Crippen LogP) is 3.34. The lowest BCUT2D eigenvalue weighted by Gasteiger charge is -2.02. The van der Waals surface area contributed by atoms with Gasteiger partial charge in [-0.2, -0.15) is 0 Å². The van der Waals surface area contributed by atoms with Gasteiger partial charge in [-0.1, -0.05) is 25.4 Å². The number of rotatable bonds is 1. The van der Waals surface area contributed by atoms with Crippen molar-refractivity contribution >= 4 is 22.6 Å². The molecule has 0 aliphatic heterocycles. The van der Waals surface area contributed by atoms with E-state index in [1.807, 2.05) is 12.3 Å². The van der Waals surface area contributed by atoms with E-state index >= 15 is 0 Å². The fourth-order valence-electron chi connectivity index (χ4n) is 1.50. The third kappa shape index (κ3) is 1.31. The molecule has 0 saturated carbocycles. The normalized spacial score (nSPS) is 11.4. The number of H-pyrrole nitrogens is 1. The topological polar surface area (TPSA) is 28.7 Å². The first kappa shape index (κ1) is 8.57. The third-order valence-electron chi connectivity index (χ3n) is 2.18. The summed E-state index contributed by atoms with van der Waals surface area (Å²) in [7, 11) is 0. The zero-order valence-electron chi connectivity index (χ0n) is 7.63. The van der Waals surface area contributed by atoms with Crippen molar-refractivity contribution < 1.29 is 0 Å². The van der Waals surface area contributed by atoms with Gasteiger partial charge in [0.1, 0.15) is 5.65 Å². The Bertz CT molecular complexity index is 431. The second-order valence-corrected chi connectivity index (χ2v) is 3.82. The molecule has 0 fully saturated rings. The second kappa shape index (κ2) is 3.04. The van der Waals surface area contributed by atoms with Gasteiger partial charge in [-0.05, 0) is 17.5 Å². The summed E-state index contributed by atoms with van der Waals surface area (Å²) in [6.07, 6.45) is 3.69. The molecule has 0 aromatic carbocycles. The second-order valence-electron chi connectivity index (χ2n) is 3.42. The highest BCUT2D eigenvalue weighted by molar-refractivity contribution is 6.35. The van der Waals surface area contributed by atoms with Crippen LogP contribution in [-0.2, 0) is 0 Å². The van der Waals surface area contributed by atoms with E-state index in [1.54, 1.807) is 6.20 Å². The van der Waals surface area contributed by atoms with Crippen LogP contribution >= 0.6 is 11.6 Å². The Kier molecular flexibility index (Phi) is 2.00. The van der Waals surface area contributed by atoms with Crippen molar-refractivity contribution in [1.82, 2.24) is 9.97 Å². The summed E-state index contributed by atoms with van der Waals surface area (Å²) in [5.41, 5.74) is 2.10. The van der Waals surface area contributed by atoms with Gasteiger partial charge < -0.3 is 4.98 Å². The first-order valence-corrected chi connectivity index (χ1v) is 4.69. The molecule has 0 saturated heterocycles. The van der Waals surface area contributed by atoms with Crippen molar-refractivity contribution in [2.45, 2.75) is 19.8 Å². The van der Waals surface area contributed by atoms with Gasteiger partial charge >= 0.3 is 0 Å². The van der Waals surface area contributed by atoms with E-state index in [4.69, 9.17) is 11.6 Å². The lowest BCUT2D eigenvalue weighted by Crippen LogP contribution is -1.84. The average Bonchev–Trinajstić information content (AvgIpc) is 2.49. The highest BCUT2D eigenvalue weighted by Crippen LogP contribution is 2.29. The third-order valence-corrected chi connectivity index (χ3v) is 2.49. The first-order valence-electron chi connectivity index (χ1n) is 4.31. The van der Waals surface area contributed by atoms with Gasteiger partial charge in [0.15, 0.2) is 0 Å². The van der Waals surface area contributed by atoms with Gasteiger partial charge in [0.2, 0.25) is 0 Å². The molecule has 3 heteroatoms. The van der Waals surface area contributed by atoms with Gasteiger partial charge in [0, 0.05) is 17.8 Å². The van der Waals surface area contributed by atoms with Gasteiger partial charge in [-0.25, -0.2) is 4.98 Å². The van der Waals surface area contributed by atoms with Crippen LogP contribution < -0.4 is 0 Å². The Morgan fingerprint density at radius 2 is 2.23 bits per heavy atom. The minimum atomic E-state index is 0.468. The average molecular weight is 195 g/mol. The number of halogens is 1. The van der Waals surface area contributed by atoms with Crippen LogP contribution in [0.5, 0.6) is 0 Å². The van der Waals surface area contributed by atoms with Crippen LogP contribution in [-0.4, -0.2) is 9.97 Å². The SMILES string of the molecule is CC(C)c1c[nH]c2nccc(Cl)c12. The number of nitrogens with one attached hydrogen (secondary N) is 1. The van der Waals surface area contributed by atoms with Crippen LogP contribution in [0.3, 0.4) is 0 Å². The minimum absolute atomic E-state index is 0.468. The molecule has 0 radical (unpaired) electrons. The molecule has 1 N–H and O–H groups in total.